The van der Waals surface area contributed by atoms with Gasteiger partial charge in [0.2, 0.25) is 0 Å². The second kappa shape index (κ2) is 21.6. The zero-order chi connectivity index (χ0) is 29.5. The second-order valence-corrected chi connectivity index (χ2v) is 10.9. The summed E-state index contributed by atoms with van der Waals surface area (Å²) in [6.07, 6.45) is 21.5. The van der Waals surface area contributed by atoms with Gasteiger partial charge in [0.1, 0.15) is 11.5 Å². The predicted molar refractivity (Wildman–Crippen MR) is 169 cm³/mol. The molecule has 5 nitrogen and oxygen atoms in total. The summed E-state index contributed by atoms with van der Waals surface area (Å²) in [5.41, 5.74) is 1.33. The maximum absolute atomic E-state index is 12.4. The smallest absolute Gasteiger partial charge is 0.338 e. The van der Waals surface area contributed by atoms with Crippen molar-refractivity contribution in [3.05, 3.63) is 65.7 Å². The van der Waals surface area contributed by atoms with E-state index in [4.69, 9.17) is 14.2 Å². The van der Waals surface area contributed by atoms with Crippen LogP contribution in [0.15, 0.2) is 54.6 Å². The van der Waals surface area contributed by atoms with Gasteiger partial charge >= 0.3 is 11.9 Å². The lowest BCUT2D eigenvalue weighted by atomic mass is 10.1. The lowest BCUT2D eigenvalue weighted by Gasteiger charge is -2.13. The summed E-state index contributed by atoms with van der Waals surface area (Å²) in [6.45, 7) is 7.09. The van der Waals surface area contributed by atoms with Gasteiger partial charge < -0.3 is 14.2 Å². The number of carbonyl (C=O) groups is 2. The normalized spacial score (nSPS) is 11.9. The molecule has 0 aliphatic carbocycles. The summed E-state index contributed by atoms with van der Waals surface area (Å²) >= 11 is 0. The van der Waals surface area contributed by atoms with E-state index in [1.165, 1.54) is 76.7 Å². The Bertz CT molecular complexity index is 994. The Morgan fingerprint density at radius 3 is 1.83 bits per heavy atom. The highest BCUT2D eigenvalue weighted by molar-refractivity contribution is 5.90. The number of hydrogen-bond donors (Lipinski definition) is 0. The largest absolute Gasteiger partial charge is 0.494 e. The van der Waals surface area contributed by atoms with Crippen LogP contribution in [0.2, 0.25) is 0 Å². The third-order valence-electron chi connectivity index (χ3n) is 7.14. The van der Waals surface area contributed by atoms with Gasteiger partial charge in [-0.3, -0.25) is 0 Å². The molecule has 226 valence electrons. The van der Waals surface area contributed by atoms with Gasteiger partial charge in [0.05, 0.1) is 18.3 Å². The quantitative estimate of drug-likeness (QED) is 0.0616. The molecule has 0 saturated carbocycles. The van der Waals surface area contributed by atoms with Gasteiger partial charge in [0.15, 0.2) is 0 Å². The monoisotopic (exact) mass is 564 g/mol. The Balaban J connectivity index is 1.63. The Morgan fingerprint density at radius 2 is 1.22 bits per heavy atom. The number of esters is 2. The third kappa shape index (κ3) is 16.1. The number of hydrogen-bond acceptors (Lipinski definition) is 5. The average molecular weight is 565 g/mol. The molecule has 0 bridgehead atoms. The molecule has 0 N–H and O–H groups in total. The van der Waals surface area contributed by atoms with Crippen LogP contribution in [0.25, 0.3) is 6.08 Å². The van der Waals surface area contributed by atoms with Crippen LogP contribution in [-0.4, -0.2) is 24.6 Å². The average Bonchev–Trinajstić information content (AvgIpc) is 2.98. The molecule has 1 unspecified atom stereocenters. The van der Waals surface area contributed by atoms with Crippen molar-refractivity contribution >= 4 is 18.0 Å². The van der Waals surface area contributed by atoms with Crippen LogP contribution >= 0.6 is 0 Å². The van der Waals surface area contributed by atoms with E-state index in [9.17, 15) is 9.59 Å². The van der Waals surface area contributed by atoms with Gasteiger partial charge in [-0.2, -0.15) is 0 Å². The highest BCUT2D eigenvalue weighted by Crippen LogP contribution is 2.17. The second-order valence-electron chi connectivity index (χ2n) is 10.9. The highest BCUT2D eigenvalue weighted by Gasteiger charge is 2.12. The molecule has 2 aromatic rings. The number of carbonyl (C=O) groups excluding carboxylic acids is 2. The van der Waals surface area contributed by atoms with E-state index in [2.05, 4.69) is 13.8 Å². The standard InChI is InChI=1S/C36H52O5/c1-4-6-8-10-11-12-13-14-15-17-29-39-33-24-19-31(20-25-33)21-28-35(37)41-34-26-22-32(23-27-34)36(38)40-30(3)18-16-9-7-5-2/h19-28,30H,4-18,29H2,1-3H3/b28-21+. The van der Waals surface area contributed by atoms with Crippen molar-refractivity contribution in [2.45, 2.75) is 123 Å². The van der Waals surface area contributed by atoms with Crippen LogP contribution in [0, 0.1) is 0 Å². The first-order valence-electron chi connectivity index (χ1n) is 16.0. The van der Waals surface area contributed by atoms with E-state index in [0.717, 1.165) is 43.6 Å². The molecule has 5 heteroatoms. The molecule has 0 fully saturated rings. The minimum atomic E-state index is -0.484. The first-order chi connectivity index (χ1) is 20.0. The fourth-order valence-corrected chi connectivity index (χ4v) is 4.60. The van der Waals surface area contributed by atoms with Gasteiger partial charge in [-0.05, 0) is 74.2 Å². The summed E-state index contributed by atoms with van der Waals surface area (Å²) < 4.78 is 16.8. The van der Waals surface area contributed by atoms with Gasteiger partial charge in [-0.25, -0.2) is 9.59 Å². The lowest BCUT2D eigenvalue weighted by Crippen LogP contribution is -2.15. The minimum absolute atomic E-state index is 0.118. The molecular weight excluding hydrogens is 512 g/mol. The fourth-order valence-electron chi connectivity index (χ4n) is 4.60. The van der Waals surface area contributed by atoms with Crippen molar-refractivity contribution < 1.29 is 23.8 Å². The first kappa shape index (κ1) is 34.1. The van der Waals surface area contributed by atoms with Crippen molar-refractivity contribution in [1.82, 2.24) is 0 Å². The van der Waals surface area contributed by atoms with E-state index in [0.29, 0.717) is 11.3 Å². The maximum atomic E-state index is 12.4. The summed E-state index contributed by atoms with van der Waals surface area (Å²) in [5.74, 6) is 0.369. The van der Waals surface area contributed by atoms with Crippen molar-refractivity contribution in [2.75, 3.05) is 6.61 Å². The van der Waals surface area contributed by atoms with Crippen molar-refractivity contribution in [3.8, 4) is 11.5 Å². The fraction of sp³-hybridized carbons (Fsp3) is 0.556. The Morgan fingerprint density at radius 1 is 0.683 bits per heavy atom. The van der Waals surface area contributed by atoms with Crippen molar-refractivity contribution in [2.24, 2.45) is 0 Å². The van der Waals surface area contributed by atoms with E-state index >= 15 is 0 Å². The van der Waals surface area contributed by atoms with Gasteiger partial charge in [-0.15, -0.1) is 0 Å². The summed E-state index contributed by atoms with van der Waals surface area (Å²) in [6, 6.07) is 14.1. The number of benzene rings is 2. The van der Waals surface area contributed by atoms with Crippen molar-refractivity contribution in [1.29, 1.82) is 0 Å². The molecule has 2 rings (SSSR count). The molecule has 0 saturated heterocycles. The first-order valence-corrected chi connectivity index (χ1v) is 16.0. The number of unbranched alkanes of at least 4 members (excludes halogenated alkanes) is 12. The number of rotatable bonds is 22. The molecule has 1 atom stereocenters. The Hall–Kier alpha value is -3.08. The SMILES string of the molecule is CCCCCCCCCCCCOc1ccc(/C=C/C(=O)Oc2ccc(C(=O)OC(C)CCCCCC)cc2)cc1. The molecule has 0 spiro atoms. The van der Waals surface area contributed by atoms with Gasteiger partial charge in [0.25, 0.3) is 0 Å². The van der Waals surface area contributed by atoms with E-state index < -0.39 is 5.97 Å². The maximum Gasteiger partial charge on any atom is 0.338 e. The van der Waals surface area contributed by atoms with Crippen LogP contribution in [0.1, 0.15) is 133 Å². The highest BCUT2D eigenvalue weighted by atomic mass is 16.5. The van der Waals surface area contributed by atoms with Crippen LogP contribution < -0.4 is 9.47 Å². The zero-order valence-electron chi connectivity index (χ0n) is 25.7. The molecule has 41 heavy (non-hydrogen) atoms. The molecule has 0 aliphatic rings. The Labute approximate surface area is 248 Å². The van der Waals surface area contributed by atoms with Gasteiger partial charge in [-0.1, -0.05) is 103 Å². The molecule has 2 aromatic carbocycles. The zero-order valence-corrected chi connectivity index (χ0v) is 25.7. The molecule has 0 radical (unpaired) electrons. The van der Waals surface area contributed by atoms with Crippen LogP contribution in [0.5, 0.6) is 11.5 Å². The minimum Gasteiger partial charge on any atom is -0.494 e. The lowest BCUT2D eigenvalue weighted by molar-refractivity contribution is -0.128. The molecule has 0 aliphatic heterocycles. The molecule has 0 amide bonds. The Kier molecular flexibility index (Phi) is 18.0. The van der Waals surface area contributed by atoms with Crippen LogP contribution in [0.3, 0.4) is 0 Å². The van der Waals surface area contributed by atoms with Crippen LogP contribution in [-0.2, 0) is 9.53 Å². The third-order valence-corrected chi connectivity index (χ3v) is 7.14. The van der Waals surface area contributed by atoms with E-state index in [1.54, 1.807) is 30.3 Å². The summed E-state index contributed by atoms with van der Waals surface area (Å²) in [5, 5.41) is 0. The van der Waals surface area contributed by atoms with E-state index in [1.807, 2.05) is 31.2 Å². The van der Waals surface area contributed by atoms with Crippen LogP contribution in [0.4, 0.5) is 0 Å². The predicted octanol–water partition coefficient (Wildman–Crippen LogP) is 10.1. The van der Waals surface area contributed by atoms with Crippen molar-refractivity contribution in [3.63, 3.8) is 0 Å². The topological polar surface area (TPSA) is 61.8 Å². The molecule has 0 aromatic heterocycles. The molecule has 0 heterocycles. The summed E-state index contributed by atoms with van der Waals surface area (Å²) in [7, 11) is 0. The summed E-state index contributed by atoms with van der Waals surface area (Å²) in [4.78, 5) is 24.6. The molecular formula is C36H52O5. The van der Waals surface area contributed by atoms with E-state index in [-0.39, 0.29) is 12.1 Å². The number of ether oxygens (including phenoxy) is 3. The van der Waals surface area contributed by atoms with Gasteiger partial charge in [0, 0.05) is 6.08 Å².